The summed E-state index contributed by atoms with van der Waals surface area (Å²) in [5, 5.41) is 12.7. The van der Waals surface area contributed by atoms with Gasteiger partial charge in [0.1, 0.15) is 0 Å². The third kappa shape index (κ3) is 3.81. The molecule has 0 unspecified atom stereocenters. The topological polar surface area (TPSA) is 52.6 Å². The highest BCUT2D eigenvalue weighted by Gasteiger charge is 2.21. The maximum absolute atomic E-state index is 11.3. The fourth-order valence-electron chi connectivity index (χ4n) is 2.94. The first kappa shape index (κ1) is 15.0. The Morgan fingerprint density at radius 1 is 1.35 bits per heavy atom. The molecule has 1 aromatic carbocycles. The first-order valence-corrected chi connectivity index (χ1v) is 7.48. The molecule has 4 heteroatoms. The average molecular weight is 276 g/mol. The summed E-state index contributed by atoms with van der Waals surface area (Å²) in [6.07, 6.45) is 3.39. The number of hydrogen-bond acceptors (Lipinski definition) is 3. The van der Waals surface area contributed by atoms with Crippen LogP contribution in [0.3, 0.4) is 0 Å². The van der Waals surface area contributed by atoms with Crippen molar-refractivity contribution in [3.05, 3.63) is 35.4 Å². The van der Waals surface area contributed by atoms with Crippen LogP contribution < -0.4 is 5.32 Å². The smallest absolute Gasteiger partial charge is 0.336 e. The Kier molecular flexibility index (Phi) is 5.56. The van der Waals surface area contributed by atoms with Crippen molar-refractivity contribution in [2.24, 2.45) is 0 Å². The van der Waals surface area contributed by atoms with Gasteiger partial charge in [0.05, 0.1) is 5.56 Å². The van der Waals surface area contributed by atoms with Crippen molar-refractivity contribution in [1.29, 1.82) is 0 Å². The molecule has 0 aromatic heterocycles. The highest BCUT2D eigenvalue weighted by Crippen LogP contribution is 2.18. The molecule has 1 aliphatic rings. The van der Waals surface area contributed by atoms with E-state index in [2.05, 4.69) is 17.1 Å². The van der Waals surface area contributed by atoms with Gasteiger partial charge in [-0.2, -0.15) is 0 Å². The number of carboxylic acids is 1. The average Bonchev–Trinajstić information content (AvgIpc) is 2.48. The van der Waals surface area contributed by atoms with Crippen LogP contribution in [0.2, 0.25) is 0 Å². The van der Waals surface area contributed by atoms with E-state index in [0.717, 1.165) is 51.0 Å². The predicted octanol–water partition coefficient (Wildman–Crippen LogP) is 2.35. The van der Waals surface area contributed by atoms with Crippen molar-refractivity contribution in [3.8, 4) is 0 Å². The van der Waals surface area contributed by atoms with Crippen LogP contribution in [-0.2, 0) is 6.54 Å². The minimum absolute atomic E-state index is 0.433. The number of benzene rings is 1. The maximum Gasteiger partial charge on any atom is 0.336 e. The maximum atomic E-state index is 11.3. The van der Waals surface area contributed by atoms with E-state index >= 15 is 0 Å². The van der Waals surface area contributed by atoms with Gasteiger partial charge in [0, 0.05) is 12.6 Å². The number of rotatable bonds is 6. The molecule has 0 radical (unpaired) electrons. The Labute approximate surface area is 120 Å². The van der Waals surface area contributed by atoms with E-state index in [1.54, 1.807) is 12.1 Å². The van der Waals surface area contributed by atoms with Crippen LogP contribution in [0, 0.1) is 0 Å². The second-order valence-electron chi connectivity index (χ2n) is 5.41. The van der Waals surface area contributed by atoms with Gasteiger partial charge in [0.25, 0.3) is 0 Å². The summed E-state index contributed by atoms with van der Waals surface area (Å²) in [4.78, 5) is 13.8. The van der Waals surface area contributed by atoms with Gasteiger partial charge in [0.15, 0.2) is 0 Å². The summed E-state index contributed by atoms with van der Waals surface area (Å²) < 4.78 is 0. The van der Waals surface area contributed by atoms with Gasteiger partial charge in [-0.1, -0.05) is 25.1 Å². The molecule has 4 nitrogen and oxygen atoms in total. The van der Waals surface area contributed by atoms with E-state index < -0.39 is 5.97 Å². The predicted molar refractivity (Wildman–Crippen MR) is 80.0 cm³/mol. The van der Waals surface area contributed by atoms with Crippen LogP contribution >= 0.6 is 0 Å². The van der Waals surface area contributed by atoms with E-state index in [4.69, 9.17) is 0 Å². The van der Waals surface area contributed by atoms with Gasteiger partial charge >= 0.3 is 5.97 Å². The molecule has 1 fully saturated rings. The van der Waals surface area contributed by atoms with Crippen molar-refractivity contribution in [2.75, 3.05) is 19.6 Å². The normalized spacial score (nSPS) is 16.5. The number of nitrogens with one attached hydrogen (secondary N) is 1. The molecule has 0 atom stereocenters. The molecule has 110 valence electrons. The number of carbonyl (C=O) groups is 1. The Bertz CT molecular complexity index is 442. The monoisotopic (exact) mass is 276 g/mol. The van der Waals surface area contributed by atoms with Crippen molar-refractivity contribution >= 4 is 5.97 Å². The largest absolute Gasteiger partial charge is 0.478 e. The quantitative estimate of drug-likeness (QED) is 0.837. The Hall–Kier alpha value is -1.39. The summed E-state index contributed by atoms with van der Waals surface area (Å²) >= 11 is 0. The first-order chi connectivity index (χ1) is 9.72. The SMILES string of the molecule is CCCN(Cc1ccccc1C(=O)O)C1CCNCC1. The van der Waals surface area contributed by atoms with Crippen LogP contribution in [0.15, 0.2) is 24.3 Å². The molecule has 1 aromatic rings. The van der Waals surface area contributed by atoms with Gasteiger partial charge in [0.2, 0.25) is 0 Å². The van der Waals surface area contributed by atoms with Crippen molar-refractivity contribution in [1.82, 2.24) is 10.2 Å². The molecule has 0 bridgehead atoms. The number of carboxylic acid groups (broad SMARTS) is 1. The fraction of sp³-hybridized carbons (Fsp3) is 0.562. The lowest BCUT2D eigenvalue weighted by atomic mass is 10.0. The fourth-order valence-corrected chi connectivity index (χ4v) is 2.94. The van der Waals surface area contributed by atoms with E-state index in [1.165, 1.54) is 0 Å². The third-order valence-corrected chi connectivity index (χ3v) is 3.96. The van der Waals surface area contributed by atoms with Gasteiger partial charge < -0.3 is 10.4 Å². The minimum Gasteiger partial charge on any atom is -0.478 e. The number of piperidine rings is 1. The number of aromatic carboxylic acids is 1. The summed E-state index contributed by atoms with van der Waals surface area (Å²) in [5.74, 6) is -0.831. The molecular weight excluding hydrogens is 252 g/mol. The highest BCUT2D eigenvalue weighted by atomic mass is 16.4. The van der Waals surface area contributed by atoms with Gasteiger partial charge in [-0.3, -0.25) is 4.90 Å². The molecule has 1 heterocycles. The Morgan fingerprint density at radius 2 is 2.05 bits per heavy atom. The Balaban J connectivity index is 2.13. The molecule has 2 rings (SSSR count). The zero-order valence-corrected chi connectivity index (χ0v) is 12.1. The molecule has 2 N–H and O–H groups in total. The third-order valence-electron chi connectivity index (χ3n) is 3.96. The molecular formula is C16H24N2O2. The Morgan fingerprint density at radius 3 is 2.70 bits per heavy atom. The summed E-state index contributed by atoms with van der Waals surface area (Å²) in [6.45, 7) is 6.06. The lowest BCUT2D eigenvalue weighted by molar-refractivity contribution is 0.0693. The standard InChI is InChI=1S/C16H24N2O2/c1-2-11-18(14-7-9-17-10-8-14)12-13-5-3-4-6-15(13)16(19)20/h3-6,14,17H,2,7-12H2,1H3,(H,19,20). The molecule has 0 aliphatic carbocycles. The molecule has 1 saturated heterocycles. The lowest BCUT2D eigenvalue weighted by Crippen LogP contribution is -2.43. The van der Waals surface area contributed by atoms with Crippen LogP contribution in [-0.4, -0.2) is 41.7 Å². The van der Waals surface area contributed by atoms with Gasteiger partial charge in [-0.05, 0) is 50.5 Å². The van der Waals surface area contributed by atoms with Crippen molar-refractivity contribution in [3.63, 3.8) is 0 Å². The highest BCUT2D eigenvalue weighted by molar-refractivity contribution is 5.89. The van der Waals surface area contributed by atoms with Crippen LogP contribution in [0.4, 0.5) is 0 Å². The zero-order valence-electron chi connectivity index (χ0n) is 12.1. The summed E-state index contributed by atoms with van der Waals surface area (Å²) in [5.41, 5.74) is 1.36. The molecule has 0 saturated carbocycles. The summed E-state index contributed by atoms with van der Waals surface area (Å²) in [7, 11) is 0. The van der Waals surface area contributed by atoms with Gasteiger partial charge in [-0.25, -0.2) is 4.79 Å². The first-order valence-electron chi connectivity index (χ1n) is 7.48. The van der Waals surface area contributed by atoms with Crippen molar-refractivity contribution < 1.29 is 9.90 Å². The van der Waals surface area contributed by atoms with E-state index in [1.807, 2.05) is 12.1 Å². The van der Waals surface area contributed by atoms with Crippen LogP contribution in [0.25, 0.3) is 0 Å². The molecule has 0 spiro atoms. The number of nitrogens with zero attached hydrogens (tertiary/aromatic N) is 1. The second kappa shape index (κ2) is 7.41. The molecule has 20 heavy (non-hydrogen) atoms. The van der Waals surface area contributed by atoms with Crippen LogP contribution in [0.1, 0.15) is 42.1 Å². The second-order valence-corrected chi connectivity index (χ2v) is 5.41. The van der Waals surface area contributed by atoms with E-state index in [-0.39, 0.29) is 0 Å². The lowest BCUT2D eigenvalue weighted by Gasteiger charge is -2.34. The number of hydrogen-bond donors (Lipinski definition) is 2. The van der Waals surface area contributed by atoms with Crippen LogP contribution in [0.5, 0.6) is 0 Å². The van der Waals surface area contributed by atoms with E-state index in [0.29, 0.717) is 11.6 Å². The zero-order chi connectivity index (χ0) is 14.4. The molecule has 1 aliphatic heterocycles. The van der Waals surface area contributed by atoms with Crippen molar-refractivity contribution in [2.45, 2.75) is 38.8 Å². The molecule has 0 amide bonds. The van der Waals surface area contributed by atoms with Gasteiger partial charge in [-0.15, -0.1) is 0 Å². The van der Waals surface area contributed by atoms with E-state index in [9.17, 15) is 9.90 Å². The summed E-state index contributed by atoms with van der Waals surface area (Å²) in [6, 6.07) is 7.92. The minimum atomic E-state index is -0.831.